The van der Waals surface area contributed by atoms with Crippen LogP contribution in [0.4, 0.5) is 0 Å². The molecule has 0 aromatic rings. The molecule has 19 heavy (non-hydrogen) atoms. The average molecular weight is 270 g/mol. The monoisotopic (exact) mass is 270 g/mol. The van der Waals surface area contributed by atoms with Gasteiger partial charge >= 0.3 is 0 Å². The minimum absolute atomic E-state index is 0.185. The van der Waals surface area contributed by atoms with Gasteiger partial charge in [0.1, 0.15) is 12.7 Å². The molecule has 0 aromatic carbocycles. The number of aliphatic hydroxyl groups is 1. The first-order chi connectivity index (χ1) is 9.27. The lowest BCUT2D eigenvalue weighted by atomic mass is 9.70. The summed E-state index contributed by atoms with van der Waals surface area (Å²) in [6.45, 7) is 1.70. The van der Waals surface area contributed by atoms with Gasteiger partial charge in [0.05, 0.1) is 19.3 Å². The first-order valence-corrected chi connectivity index (χ1v) is 7.50. The molecule has 3 heterocycles. The Morgan fingerprint density at radius 2 is 1.79 bits per heavy atom. The summed E-state index contributed by atoms with van der Waals surface area (Å²) >= 11 is 0. The molecule has 0 radical (unpaired) electrons. The molecule has 4 aliphatic rings. The van der Waals surface area contributed by atoms with Gasteiger partial charge in [0, 0.05) is 12.3 Å². The van der Waals surface area contributed by atoms with E-state index in [0.29, 0.717) is 31.7 Å². The number of hydrogen-bond acceptors (Lipinski definition) is 5. The molecule has 4 rings (SSSR count). The summed E-state index contributed by atoms with van der Waals surface area (Å²) in [5, 5.41) is 10.1. The van der Waals surface area contributed by atoms with Crippen molar-refractivity contribution in [2.24, 2.45) is 11.8 Å². The lowest BCUT2D eigenvalue weighted by Crippen LogP contribution is -2.60. The maximum Gasteiger partial charge on any atom is 0.192 e. The standard InChI is InChI=1S/C14H22O5/c15-13-12-10(9-3-1-2-4-11(9)19-13)7-14(8-16-12)17-5-6-18-14/h9-13,15H,1-8H2/t9-,10-,11+,12+,13-/m1/s1. The number of fused-ring (bicyclic) bond motifs is 3. The van der Waals surface area contributed by atoms with E-state index in [1.54, 1.807) is 0 Å². The molecular weight excluding hydrogens is 248 g/mol. The minimum Gasteiger partial charge on any atom is -0.367 e. The molecule has 5 nitrogen and oxygen atoms in total. The summed E-state index contributed by atoms with van der Waals surface area (Å²) in [7, 11) is 0. The summed E-state index contributed by atoms with van der Waals surface area (Å²) in [6.07, 6.45) is 4.69. The van der Waals surface area contributed by atoms with Gasteiger partial charge in [-0.15, -0.1) is 0 Å². The summed E-state index contributed by atoms with van der Waals surface area (Å²) < 4.78 is 23.2. The van der Waals surface area contributed by atoms with Crippen LogP contribution >= 0.6 is 0 Å². The van der Waals surface area contributed by atoms with E-state index in [1.165, 1.54) is 12.8 Å². The third kappa shape index (κ3) is 2.03. The van der Waals surface area contributed by atoms with Gasteiger partial charge in [0.15, 0.2) is 12.1 Å². The molecule has 5 atom stereocenters. The highest BCUT2D eigenvalue weighted by molar-refractivity contribution is 4.97. The molecule has 1 aliphatic carbocycles. The highest BCUT2D eigenvalue weighted by Gasteiger charge is 2.54. The molecule has 1 saturated carbocycles. The zero-order valence-corrected chi connectivity index (χ0v) is 11.1. The fraction of sp³-hybridized carbons (Fsp3) is 1.00. The molecule has 0 amide bonds. The van der Waals surface area contributed by atoms with Gasteiger partial charge in [-0.05, 0) is 18.8 Å². The second-order valence-corrected chi connectivity index (χ2v) is 6.26. The van der Waals surface area contributed by atoms with E-state index in [9.17, 15) is 5.11 Å². The first-order valence-electron chi connectivity index (χ1n) is 7.50. The van der Waals surface area contributed by atoms with Gasteiger partial charge in [-0.1, -0.05) is 12.8 Å². The Hall–Kier alpha value is -0.200. The third-order valence-electron chi connectivity index (χ3n) is 5.18. The lowest BCUT2D eigenvalue weighted by molar-refractivity contribution is -0.331. The van der Waals surface area contributed by atoms with Crippen molar-refractivity contribution in [3.8, 4) is 0 Å². The van der Waals surface area contributed by atoms with E-state index in [0.717, 1.165) is 19.3 Å². The van der Waals surface area contributed by atoms with Crippen LogP contribution in [0.3, 0.4) is 0 Å². The van der Waals surface area contributed by atoms with E-state index < -0.39 is 12.1 Å². The van der Waals surface area contributed by atoms with Gasteiger partial charge in [0.25, 0.3) is 0 Å². The average Bonchev–Trinajstić information content (AvgIpc) is 2.87. The smallest absolute Gasteiger partial charge is 0.192 e. The second-order valence-electron chi connectivity index (χ2n) is 6.26. The lowest BCUT2D eigenvalue weighted by Gasteiger charge is -2.52. The molecule has 0 aromatic heterocycles. The zero-order chi connectivity index (χ0) is 12.9. The quantitative estimate of drug-likeness (QED) is 0.713. The SMILES string of the molecule is O[C@@H]1O[C@H]2CCCC[C@@H]2[C@H]2CC3(CO[C@@H]21)OCCO3. The van der Waals surface area contributed by atoms with Crippen LogP contribution in [0.15, 0.2) is 0 Å². The third-order valence-corrected chi connectivity index (χ3v) is 5.18. The summed E-state index contributed by atoms with van der Waals surface area (Å²) in [4.78, 5) is 0. The maximum absolute atomic E-state index is 10.1. The summed E-state index contributed by atoms with van der Waals surface area (Å²) in [5.74, 6) is 0.216. The fourth-order valence-electron chi connectivity index (χ4n) is 4.31. The van der Waals surface area contributed by atoms with Crippen molar-refractivity contribution in [3.63, 3.8) is 0 Å². The van der Waals surface area contributed by atoms with Crippen molar-refractivity contribution in [2.75, 3.05) is 19.8 Å². The van der Waals surface area contributed by atoms with E-state index in [-0.39, 0.29) is 12.2 Å². The van der Waals surface area contributed by atoms with Gasteiger partial charge in [-0.25, -0.2) is 0 Å². The first kappa shape index (κ1) is 12.5. The molecule has 1 spiro atoms. The zero-order valence-electron chi connectivity index (χ0n) is 11.1. The Morgan fingerprint density at radius 1 is 1.00 bits per heavy atom. The molecule has 1 N–H and O–H groups in total. The summed E-state index contributed by atoms with van der Waals surface area (Å²) in [6, 6.07) is 0. The Balaban J connectivity index is 1.57. The highest BCUT2D eigenvalue weighted by atomic mass is 16.8. The van der Waals surface area contributed by atoms with Crippen LogP contribution in [0.5, 0.6) is 0 Å². The summed E-state index contributed by atoms with van der Waals surface area (Å²) in [5.41, 5.74) is 0. The Bertz CT molecular complexity index is 341. The van der Waals surface area contributed by atoms with Crippen molar-refractivity contribution < 1.29 is 24.1 Å². The highest BCUT2D eigenvalue weighted by Crippen LogP contribution is 2.47. The van der Waals surface area contributed by atoms with Crippen molar-refractivity contribution in [1.82, 2.24) is 0 Å². The molecule has 0 unspecified atom stereocenters. The predicted octanol–water partition coefficient (Wildman–Crippen LogP) is 1.04. The minimum atomic E-state index is -0.789. The number of hydrogen-bond donors (Lipinski definition) is 1. The van der Waals surface area contributed by atoms with E-state index in [1.807, 2.05) is 0 Å². The van der Waals surface area contributed by atoms with Gasteiger partial charge in [-0.3, -0.25) is 0 Å². The Labute approximate surface area is 113 Å². The number of aliphatic hydroxyl groups excluding tert-OH is 1. The van der Waals surface area contributed by atoms with Crippen LogP contribution in [-0.2, 0) is 18.9 Å². The molecule has 5 heteroatoms. The van der Waals surface area contributed by atoms with Crippen LogP contribution in [-0.4, -0.2) is 49.2 Å². The predicted molar refractivity (Wildman–Crippen MR) is 65.3 cm³/mol. The maximum atomic E-state index is 10.1. The molecule has 3 saturated heterocycles. The Kier molecular flexibility index (Phi) is 3.08. The van der Waals surface area contributed by atoms with Crippen LogP contribution in [0.2, 0.25) is 0 Å². The van der Waals surface area contributed by atoms with Crippen molar-refractivity contribution in [2.45, 2.75) is 56.4 Å². The number of rotatable bonds is 0. The van der Waals surface area contributed by atoms with E-state index in [2.05, 4.69) is 0 Å². The normalized spacial score (nSPS) is 48.8. The topological polar surface area (TPSA) is 57.2 Å². The van der Waals surface area contributed by atoms with E-state index in [4.69, 9.17) is 18.9 Å². The van der Waals surface area contributed by atoms with E-state index >= 15 is 0 Å². The van der Waals surface area contributed by atoms with Crippen molar-refractivity contribution >= 4 is 0 Å². The van der Waals surface area contributed by atoms with Crippen LogP contribution < -0.4 is 0 Å². The molecule has 4 fully saturated rings. The molecule has 0 bridgehead atoms. The molecule has 108 valence electrons. The molecule has 3 aliphatic heterocycles. The Morgan fingerprint density at radius 3 is 2.63 bits per heavy atom. The number of ether oxygens (including phenoxy) is 4. The van der Waals surface area contributed by atoms with Crippen LogP contribution in [0.25, 0.3) is 0 Å². The largest absolute Gasteiger partial charge is 0.367 e. The van der Waals surface area contributed by atoms with Gasteiger partial charge < -0.3 is 24.1 Å². The molecular formula is C14H22O5. The van der Waals surface area contributed by atoms with Crippen molar-refractivity contribution in [1.29, 1.82) is 0 Å². The van der Waals surface area contributed by atoms with Gasteiger partial charge in [0.2, 0.25) is 0 Å². The van der Waals surface area contributed by atoms with Crippen LogP contribution in [0.1, 0.15) is 32.1 Å². The van der Waals surface area contributed by atoms with Crippen LogP contribution in [0, 0.1) is 11.8 Å². The van der Waals surface area contributed by atoms with Gasteiger partial charge in [-0.2, -0.15) is 0 Å². The second kappa shape index (κ2) is 4.67. The fourth-order valence-corrected chi connectivity index (χ4v) is 4.31. The van der Waals surface area contributed by atoms with Crippen molar-refractivity contribution in [3.05, 3.63) is 0 Å².